The van der Waals surface area contributed by atoms with Crippen molar-refractivity contribution in [3.63, 3.8) is 0 Å². The molecule has 0 saturated carbocycles. The molecule has 0 bridgehead atoms. The molecule has 1 atom stereocenters. The average molecular weight is 325 g/mol. The standard InChI is InChI=1S/C17H24FNO4/c1-4-12-6-7-14(18)13(10-12)16(21)8-9-23-17(22)15(5-2)19-11(3)20/h10,15H,4-9H2,1-3H3,(H,19,20). The van der Waals surface area contributed by atoms with Gasteiger partial charge in [0.1, 0.15) is 11.9 Å². The molecular formula is C17H24FNO4. The molecule has 1 N–H and O–H groups in total. The van der Waals surface area contributed by atoms with Gasteiger partial charge >= 0.3 is 5.97 Å². The van der Waals surface area contributed by atoms with Crippen molar-refractivity contribution in [2.75, 3.05) is 6.61 Å². The highest BCUT2D eigenvalue weighted by Crippen LogP contribution is 2.27. The number of ether oxygens (including phenoxy) is 1. The summed E-state index contributed by atoms with van der Waals surface area (Å²) in [7, 11) is 0. The third kappa shape index (κ3) is 5.96. The van der Waals surface area contributed by atoms with Crippen LogP contribution in [0, 0.1) is 0 Å². The van der Waals surface area contributed by atoms with E-state index in [-0.39, 0.29) is 36.7 Å². The van der Waals surface area contributed by atoms with Crippen molar-refractivity contribution in [2.24, 2.45) is 0 Å². The van der Waals surface area contributed by atoms with Crippen LogP contribution in [0.1, 0.15) is 52.9 Å². The lowest BCUT2D eigenvalue weighted by Gasteiger charge is -2.16. The van der Waals surface area contributed by atoms with Gasteiger partial charge in [0.25, 0.3) is 0 Å². The number of halogens is 1. The molecule has 0 aromatic carbocycles. The maximum absolute atomic E-state index is 13.8. The molecule has 1 unspecified atom stereocenters. The maximum atomic E-state index is 13.8. The van der Waals surface area contributed by atoms with E-state index >= 15 is 0 Å². The Morgan fingerprint density at radius 3 is 2.57 bits per heavy atom. The largest absolute Gasteiger partial charge is 0.464 e. The molecule has 1 aliphatic carbocycles. The fraction of sp³-hybridized carbons (Fsp3) is 0.588. The molecule has 0 saturated heterocycles. The second-order valence-electron chi connectivity index (χ2n) is 5.48. The Morgan fingerprint density at radius 2 is 2.00 bits per heavy atom. The summed E-state index contributed by atoms with van der Waals surface area (Å²) in [6, 6.07) is -0.722. The van der Waals surface area contributed by atoms with Crippen LogP contribution in [-0.2, 0) is 19.1 Å². The van der Waals surface area contributed by atoms with Crippen molar-refractivity contribution in [1.29, 1.82) is 0 Å². The minimum Gasteiger partial charge on any atom is -0.464 e. The number of nitrogens with one attached hydrogen (secondary N) is 1. The van der Waals surface area contributed by atoms with Crippen LogP contribution in [0.4, 0.5) is 4.39 Å². The number of amides is 1. The lowest BCUT2D eigenvalue weighted by atomic mass is 9.93. The highest BCUT2D eigenvalue weighted by atomic mass is 19.1. The number of allylic oxidation sites excluding steroid dienone is 4. The molecule has 0 spiro atoms. The van der Waals surface area contributed by atoms with E-state index in [1.165, 1.54) is 6.92 Å². The van der Waals surface area contributed by atoms with Gasteiger partial charge in [-0.3, -0.25) is 9.59 Å². The van der Waals surface area contributed by atoms with Gasteiger partial charge in [-0.2, -0.15) is 0 Å². The Morgan fingerprint density at radius 1 is 1.30 bits per heavy atom. The zero-order chi connectivity index (χ0) is 17.4. The molecule has 6 heteroatoms. The topological polar surface area (TPSA) is 72.5 Å². The van der Waals surface area contributed by atoms with E-state index in [1.807, 2.05) is 6.92 Å². The minimum absolute atomic E-state index is 0.0709. The van der Waals surface area contributed by atoms with Crippen LogP contribution >= 0.6 is 0 Å². The number of ketones is 1. The molecule has 0 aromatic rings. The van der Waals surface area contributed by atoms with Crippen LogP contribution in [0.15, 0.2) is 23.0 Å². The SMILES string of the molecule is CCC1=CC(C(=O)CCOC(=O)C(CC)NC(C)=O)=C(F)CC1. The van der Waals surface area contributed by atoms with E-state index in [4.69, 9.17) is 4.74 Å². The van der Waals surface area contributed by atoms with Crippen LogP contribution in [0.3, 0.4) is 0 Å². The first-order valence-electron chi connectivity index (χ1n) is 7.94. The summed E-state index contributed by atoms with van der Waals surface area (Å²) in [5.41, 5.74) is 1.14. The number of hydrogen-bond donors (Lipinski definition) is 1. The second kappa shape index (κ2) is 9.22. The normalized spacial score (nSPS) is 15.7. The van der Waals surface area contributed by atoms with Crippen molar-refractivity contribution < 1.29 is 23.5 Å². The number of Topliss-reactive ketones (excluding diaryl/α,β-unsaturated/α-hetero) is 1. The van der Waals surface area contributed by atoms with Gasteiger partial charge in [-0.15, -0.1) is 0 Å². The molecule has 5 nitrogen and oxygen atoms in total. The Bertz CT molecular complexity index is 537. The number of rotatable bonds is 8. The fourth-order valence-corrected chi connectivity index (χ4v) is 2.32. The Balaban J connectivity index is 2.52. The molecule has 0 aliphatic heterocycles. The summed E-state index contributed by atoms with van der Waals surface area (Å²) in [6.45, 7) is 4.90. The summed E-state index contributed by atoms with van der Waals surface area (Å²) >= 11 is 0. The zero-order valence-corrected chi connectivity index (χ0v) is 13.9. The van der Waals surface area contributed by atoms with Crippen LogP contribution < -0.4 is 5.32 Å². The van der Waals surface area contributed by atoms with E-state index in [9.17, 15) is 18.8 Å². The number of hydrogen-bond acceptors (Lipinski definition) is 4. The number of carbonyl (C=O) groups excluding carboxylic acids is 3. The first-order valence-corrected chi connectivity index (χ1v) is 7.94. The summed E-state index contributed by atoms with van der Waals surface area (Å²) in [5, 5.41) is 2.47. The molecule has 0 aromatic heterocycles. The summed E-state index contributed by atoms with van der Waals surface area (Å²) in [6.07, 6.45) is 3.61. The quantitative estimate of drug-likeness (QED) is 0.697. The van der Waals surface area contributed by atoms with Gasteiger partial charge in [-0.05, 0) is 25.3 Å². The van der Waals surface area contributed by atoms with Gasteiger partial charge in [0.2, 0.25) is 5.91 Å². The molecule has 0 fully saturated rings. The molecule has 1 amide bonds. The molecule has 1 aliphatic rings. The predicted molar refractivity (Wildman–Crippen MR) is 84.2 cm³/mol. The van der Waals surface area contributed by atoms with Crippen molar-refractivity contribution in [2.45, 2.75) is 58.9 Å². The monoisotopic (exact) mass is 325 g/mol. The third-order valence-electron chi connectivity index (χ3n) is 3.70. The highest BCUT2D eigenvalue weighted by molar-refractivity contribution is 5.99. The Hall–Kier alpha value is -1.98. The van der Waals surface area contributed by atoms with Crippen LogP contribution in [0.25, 0.3) is 0 Å². The molecule has 23 heavy (non-hydrogen) atoms. The van der Waals surface area contributed by atoms with Crippen molar-refractivity contribution in [3.05, 3.63) is 23.0 Å². The Kier molecular flexibility index (Phi) is 7.65. The van der Waals surface area contributed by atoms with Crippen LogP contribution in [0.5, 0.6) is 0 Å². The second-order valence-corrected chi connectivity index (χ2v) is 5.48. The first kappa shape index (κ1) is 19.1. The first-order chi connectivity index (χ1) is 10.9. The fourth-order valence-electron chi connectivity index (χ4n) is 2.32. The van der Waals surface area contributed by atoms with Gasteiger partial charge in [-0.1, -0.05) is 19.4 Å². The molecule has 0 heterocycles. The van der Waals surface area contributed by atoms with Crippen LogP contribution in [-0.4, -0.2) is 30.3 Å². The van der Waals surface area contributed by atoms with E-state index < -0.39 is 17.8 Å². The van der Waals surface area contributed by atoms with Crippen LogP contribution in [0.2, 0.25) is 0 Å². The van der Waals surface area contributed by atoms with E-state index in [0.29, 0.717) is 12.8 Å². The van der Waals surface area contributed by atoms with Gasteiger partial charge in [-0.25, -0.2) is 9.18 Å². The molecule has 1 rings (SSSR count). The van der Waals surface area contributed by atoms with Gasteiger partial charge in [0.15, 0.2) is 5.78 Å². The molecule has 0 radical (unpaired) electrons. The van der Waals surface area contributed by atoms with E-state index in [2.05, 4.69) is 5.32 Å². The van der Waals surface area contributed by atoms with E-state index in [0.717, 1.165) is 12.0 Å². The minimum atomic E-state index is -0.722. The lowest BCUT2D eigenvalue weighted by molar-refractivity contribution is -0.148. The smallest absolute Gasteiger partial charge is 0.328 e. The third-order valence-corrected chi connectivity index (χ3v) is 3.70. The lowest BCUT2D eigenvalue weighted by Crippen LogP contribution is -2.40. The van der Waals surface area contributed by atoms with E-state index in [1.54, 1.807) is 13.0 Å². The zero-order valence-electron chi connectivity index (χ0n) is 13.9. The van der Waals surface area contributed by atoms with Gasteiger partial charge < -0.3 is 10.1 Å². The van der Waals surface area contributed by atoms with Crippen molar-refractivity contribution in [1.82, 2.24) is 5.32 Å². The Labute approximate surface area is 136 Å². The summed E-state index contributed by atoms with van der Waals surface area (Å²) in [4.78, 5) is 34.8. The van der Waals surface area contributed by atoms with Gasteiger partial charge in [0.05, 0.1) is 6.61 Å². The van der Waals surface area contributed by atoms with Gasteiger partial charge in [0, 0.05) is 25.3 Å². The summed E-state index contributed by atoms with van der Waals surface area (Å²) < 4.78 is 18.8. The number of carbonyl (C=O) groups is 3. The van der Waals surface area contributed by atoms with Crippen molar-refractivity contribution >= 4 is 17.7 Å². The summed E-state index contributed by atoms with van der Waals surface area (Å²) in [5.74, 6) is -1.67. The molecule has 128 valence electrons. The highest BCUT2D eigenvalue weighted by Gasteiger charge is 2.21. The molecular weight excluding hydrogens is 301 g/mol. The maximum Gasteiger partial charge on any atom is 0.328 e. The average Bonchev–Trinajstić information content (AvgIpc) is 2.52. The van der Waals surface area contributed by atoms with Crippen molar-refractivity contribution in [3.8, 4) is 0 Å². The predicted octanol–water partition coefficient (Wildman–Crippen LogP) is 2.76. The number of esters is 1.